The SMILES string of the molecule is O=c1[nH]c(=S)n(-c2ccc(Oc3ccccc3)cc2)c(O)c1C=C1C[C@H]2CC[C@H]1C2. The summed E-state index contributed by atoms with van der Waals surface area (Å²) in [6.07, 6.45) is 6.54. The predicted molar refractivity (Wildman–Crippen MR) is 119 cm³/mol. The summed E-state index contributed by atoms with van der Waals surface area (Å²) in [5.41, 5.74) is 1.84. The Kier molecular flexibility index (Phi) is 4.79. The van der Waals surface area contributed by atoms with Crippen LogP contribution in [0.1, 0.15) is 31.2 Å². The van der Waals surface area contributed by atoms with Crippen LogP contribution in [-0.2, 0) is 0 Å². The molecule has 2 aromatic carbocycles. The van der Waals surface area contributed by atoms with Crippen LogP contribution in [0.3, 0.4) is 0 Å². The number of aromatic amines is 1. The van der Waals surface area contributed by atoms with Gasteiger partial charge in [0.15, 0.2) is 4.77 Å². The van der Waals surface area contributed by atoms with Crippen molar-refractivity contribution < 1.29 is 9.84 Å². The zero-order valence-electron chi connectivity index (χ0n) is 16.4. The van der Waals surface area contributed by atoms with Crippen LogP contribution in [0.4, 0.5) is 0 Å². The van der Waals surface area contributed by atoms with Crippen molar-refractivity contribution in [1.29, 1.82) is 0 Å². The molecular weight excluding hydrogens is 396 g/mol. The molecule has 0 amide bonds. The Bertz CT molecular complexity index is 1230. The number of fused-ring (bicyclic) bond motifs is 2. The predicted octanol–water partition coefficient (Wildman–Crippen LogP) is 5.60. The molecule has 0 unspecified atom stereocenters. The molecule has 0 saturated heterocycles. The van der Waals surface area contributed by atoms with E-state index < -0.39 is 0 Å². The monoisotopic (exact) mass is 418 g/mol. The van der Waals surface area contributed by atoms with Gasteiger partial charge in [-0.25, -0.2) is 0 Å². The molecule has 152 valence electrons. The van der Waals surface area contributed by atoms with Crippen LogP contribution in [0.5, 0.6) is 17.4 Å². The average Bonchev–Trinajstić information content (AvgIpc) is 3.36. The van der Waals surface area contributed by atoms with Gasteiger partial charge in [-0.2, -0.15) is 0 Å². The summed E-state index contributed by atoms with van der Waals surface area (Å²) in [5.74, 6) is 2.55. The Morgan fingerprint density at radius 1 is 1.07 bits per heavy atom. The fourth-order valence-electron chi connectivity index (χ4n) is 4.66. The normalized spacial score (nSPS) is 21.3. The second-order valence-corrected chi connectivity index (χ2v) is 8.43. The van der Waals surface area contributed by atoms with Crippen LogP contribution in [0.2, 0.25) is 0 Å². The second-order valence-electron chi connectivity index (χ2n) is 8.04. The molecule has 0 aliphatic heterocycles. The first-order valence-electron chi connectivity index (χ1n) is 10.2. The largest absolute Gasteiger partial charge is 0.494 e. The molecule has 5 nitrogen and oxygen atoms in total. The van der Waals surface area contributed by atoms with Gasteiger partial charge in [-0.3, -0.25) is 14.3 Å². The van der Waals surface area contributed by atoms with E-state index in [1.807, 2.05) is 48.5 Å². The van der Waals surface area contributed by atoms with Crippen LogP contribution >= 0.6 is 12.2 Å². The van der Waals surface area contributed by atoms with Crippen molar-refractivity contribution in [2.45, 2.75) is 25.7 Å². The van der Waals surface area contributed by atoms with Crippen LogP contribution in [0.25, 0.3) is 11.8 Å². The fraction of sp³-hybridized carbons (Fsp3) is 0.250. The van der Waals surface area contributed by atoms with Gasteiger partial charge in [-0.05, 0) is 92.2 Å². The lowest BCUT2D eigenvalue weighted by molar-refractivity contribution is 0.431. The van der Waals surface area contributed by atoms with E-state index >= 15 is 0 Å². The summed E-state index contributed by atoms with van der Waals surface area (Å²) in [7, 11) is 0. The topological polar surface area (TPSA) is 67.2 Å². The quantitative estimate of drug-likeness (QED) is 0.542. The molecular formula is C24H22N2O3S. The third-order valence-electron chi connectivity index (χ3n) is 6.11. The number of nitrogens with one attached hydrogen (secondary N) is 1. The molecule has 2 saturated carbocycles. The van der Waals surface area contributed by atoms with Gasteiger partial charge in [0.2, 0.25) is 5.88 Å². The minimum absolute atomic E-state index is 0.129. The van der Waals surface area contributed by atoms with Gasteiger partial charge in [0.25, 0.3) is 5.56 Å². The van der Waals surface area contributed by atoms with Gasteiger partial charge < -0.3 is 9.84 Å². The smallest absolute Gasteiger partial charge is 0.262 e. The molecule has 3 aromatic rings. The Labute approximate surface area is 179 Å². The highest BCUT2D eigenvalue weighted by Crippen LogP contribution is 2.48. The zero-order valence-corrected chi connectivity index (χ0v) is 17.2. The molecule has 30 heavy (non-hydrogen) atoms. The van der Waals surface area contributed by atoms with E-state index in [2.05, 4.69) is 4.98 Å². The number of rotatable bonds is 4. The first-order valence-corrected chi connectivity index (χ1v) is 10.6. The number of benzene rings is 2. The summed E-state index contributed by atoms with van der Waals surface area (Å²) in [6, 6.07) is 16.7. The lowest BCUT2D eigenvalue weighted by Crippen LogP contribution is -2.16. The molecule has 1 aromatic heterocycles. The highest BCUT2D eigenvalue weighted by Gasteiger charge is 2.35. The lowest BCUT2D eigenvalue weighted by atomic mass is 9.93. The summed E-state index contributed by atoms with van der Waals surface area (Å²) in [4.78, 5) is 15.2. The number of H-pyrrole nitrogens is 1. The number of aromatic hydroxyl groups is 1. The van der Waals surface area contributed by atoms with Crippen molar-refractivity contribution in [2.75, 3.05) is 0 Å². The summed E-state index contributed by atoms with van der Waals surface area (Å²) >= 11 is 5.34. The Balaban J connectivity index is 1.49. The van der Waals surface area contributed by atoms with Crippen LogP contribution in [-0.4, -0.2) is 14.7 Å². The lowest BCUT2D eigenvalue weighted by Gasteiger charge is -2.15. The van der Waals surface area contributed by atoms with E-state index in [1.54, 1.807) is 12.1 Å². The summed E-state index contributed by atoms with van der Waals surface area (Å²) in [5, 5.41) is 10.9. The molecule has 2 fully saturated rings. The summed E-state index contributed by atoms with van der Waals surface area (Å²) in [6.45, 7) is 0. The maximum Gasteiger partial charge on any atom is 0.262 e. The fourth-order valence-corrected chi connectivity index (χ4v) is 4.94. The molecule has 6 heteroatoms. The Hall–Kier alpha value is -3.12. The van der Waals surface area contributed by atoms with E-state index in [0.29, 0.717) is 17.4 Å². The van der Waals surface area contributed by atoms with Crippen LogP contribution in [0, 0.1) is 16.6 Å². The van der Waals surface area contributed by atoms with Gasteiger partial charge in [-0.1, -0.05) is 23.8 Å². The first-order chi connectivity index (χ1) is 14.6. The number of hydrogen-bond acceptors (Lipinski definition) is 4. The number of ether oxygens (including phenoxy) is 1. The first kappa shape index (κ1) is 18.9. The van der Waals surface area contributed by atoms with Crippen molar-refractivity contribution in [2.24, 2.45) is 11.8 Å². The molecule has 2 atom stereocenters. The van der Waals surface area contributed by atoms with Gasteiger partial charge in [0.05, 0.1) is 5.69 Å². The van der Waals surface area contributed by atoms with Crippen molar-refractivity contribution in [3.8, 4) is 23.1 Å². The Morgan fingerprint density at radius 3 is 2.47 bits per heavy atom. The standard InChI is InChI=1S/C24H22N2O3S/c27-22-21(14-17-13-15-6-7-16(17)12-15)23(28)26(24(30)25-22)18-8-10-20(11-9-18)29-19-4-2-1-3-5-19/h1-5,8-11,14-16,28H,6-7,12-13H2,(H,25,27,30)/t15-,16-/m0/s1. The molecule has 0 spiro atoms. The number of nitrogens with zero attached hydrogens (tertiary/aromatic N) is 1. The van der Waals surface area contributed by atoms with E-state index in [-0.39, 0.29) is 21.8 Å². The Morgan fingerprint density at radius 2 is 1.80 bits per heavy atom. The van der Waals surface area contributed by atoms with Crippen LogP contribution in [0.15, 0.2) is 65.0 Å². The highest BCUT2D eigenvalue weighted by molar-refractivity contribution is 7.71. The molecule has 2 aliphatic carbocycles. The number of aromatic nitrogens is 2. The van der Waals surface area contributed by atoms with Crippen molar-refractivity contribution >= 4 is 18.3 Å². The molecule has 2 N–H and O–H groups in total. The van der Waals surface area contributed by atoms with Crippen molar-refractivity contribution in [3.63, 3.8) is 0 Å². The second kappa shape index (κ2) is 7.61. The third kappa shape index (κ3) is 3.48. The van der Waals surface area contributed by atoms with Crippen LogP contribution < -0.4 is 10.3 Å². The zero-order chi connectivity index (χ0) is 20.7. The number of para-hydroxylation sites is 1. The summed E-state index contributed by atoms with van der Waals surface area (Å²) < 4.78 is 7.47. The van der Waals surface area contributed by atoms with Gasteiger partial charge in [-0.15, -0.1) is 0 Å². The van der Waals surface area contributed by atoms with Gasteiger partial charge >= 0.3 is 0 Å². The van der Waals surface area contributed by atoms with E-state index in [0.717, 1.165) is 18.1 Å². The maximum atomic E-state index is 12.5. The number of allylic oxidation sites excluding steroid dienone is 1. The van der Waals surface area contributed by atoms with Gasteiger partial charge in [0.1, 0.15) is 17.1 Å². The highest BCUT2D eigenvalue weighted by atomic mass is 32.1. The molecule has 2 bridgehead atoms. The number of hydrogen-bond donors (Lipinski definition) is 2. The van der Waals surface area contributed by atoms with E-state index in [1.165, 1.54) is 29.4 Å². The minimum Gasteiger partial charge on any atom is -0.494 e. The average molecular weight is 419 g/mol. The maximum absolute atomic E-state index is 12.5. The van der Waals surface area contributed by atoms with E-state index in [4.69, 9.17) is 17.0 Å². The van der Waals surface area contributed by atoms with Gasteiger partial charge in [0, 0.05) is 0 Å². The molecule has 2 aliphatic rings. The molecule has 5 rings (SSSR count). The van der Waals surface area contributed by atoms with Crippen molar-refractivity contribution in [1.82, 2.24) is 9.55 Å². The molecule has 0 radical (unpaired) electrons. The van der Waals surface area contributed by atoms with E-state index in [9.17, 15) is 9.90 Å². The minimum atomic E-state index is -0.354. The molecule has 1 heterocycles. The van der Waals surface area contributed by atoms with Crippen molar-refractivity contribution in [3.05, 3.63) is 80.9 Å². The third-order valence-corrected chi connectivity index (χ3v) is 6.40.